The number of halogens is 1. The number of benzene rings is 2. The Kier molecular flexibility index (Phi) is 10.0. The third-order valence-electron chi connectivity index (χ3n) is 5.21. The lowest BCUT2D eigenvalue weighted by molar-refractivity contribution is 0.354. The summed E-state index contributed by atoms with van der Waals surface area (Å²) in [6, 6.07) is 14.2. The second-order valence-electron chi connectivity index (χ2n) is 7.03. The smallest absolute Gasteiger partial charge is 0.194 e. The van der Waals surface area contributed by atoms with Crippen molar-refractivity contribution in [2.75, 3.05) is 59.0 Å². The largest absolute Gasteiger partial charge is 0.497 e. The highest BCUT2D eigenvalue weighted by molar-refractivity contribution is 14.0. The van der Waals surface area contributed by atoms with E-state index in [1.165, 1.54) is 5.69 Å². The number of methoxy groups -OCH3 is 3. The zero-order valence-electron chi connectivity index (χ0n) is 18.8. The predicted octanol–water partition coefficient (Wildman–Crippen LogP) is 3.62. The van der Waals surface area contributed by atoms with Crippen molar-refractivity contribution in [1.82, 2.24) is 10.2 Å². The van der Waals surface area contributed by atoms with Crippen molar-refractivity contribution in [3.05, 3.63) is 48.0 Å². The minimum atomic E-state index is 0. The molecule has 8 heteroatoms. The molecule has 3 rings (SSSR count). The molecule has 0 unspecified atom stereocenters. The number of aliphatic imine (C=N–C) groups is 1. The van der Waals surface area contributed by atoms with Gasteiger partial charge in [-0.3, -0.25) is 0 Å². The standard InChI is InChI=1S/C23H32N4O3.HI/c1-5-24-23(25-17-18-6-11-21(29-3)22(16-18)30-4)27-14-12-26(13-15-27)19-7-9-20(28-2)10-8-19;/h6-11,16H,5,12-15,17H2,1-4H3,(H,24,25);1H. The van der Waals surface area contributed by atoms with Crippen molar-refractivity contribution in [2.45, 2.75) is 13.5 Å². The number of hydrogen-bond acceptors (Lipinski definition) is 5. The Balaban J connectivity index is 0.00000341. The highest BCUT2D eigenvalue weighted by Crippen LogP contribution is 2.28. The Morgan fingerprint density at radius 2 is 1.58 bits per heavy atom. The van der Waals surface area contributed by atoms with Gasteiger partial charge < -0.3 is 29.3 Å². The average Bonchev–Trinajstić information content (AvgIpc) is 2.81. The Bertz CT molecular complexity index is 837. The maximum absolute atomic E-state index is 5.40. The molecule has 2 aromatic rings. The van der Waals surface area contributed by atoms with Crippen LogP contribution in [-0.2, 0) is 6.54 Å². The van der Waals surface area contributed by atoms with Crippen LogP contribution in [0.1, 0.15) is 12.5 Å². The monoisotopic (exact) mass is 540 g/mol. The fraction of sp³-hybridized carbons (Fsp3) is 0.435. The van der Waals surface area contributed by atoms with Crippen LogP contribution in [-0.4, -0.2) is 64.9 Å². The fourth-order valence-electron chi connectivity index (χ4n) is 3.54. The van der Waals surface area contributed by atoms with Gasteiger partial charge in [0.05, 0.1) is 27.9 Å². The molecule has 7 nitrogen and oxygen atoms in total. The van der Waals surface area contributed by atoms with Crippen molar-refractivity contribution in [2.24, 2.45) is 4.99 Å². The van der Waals surface area contributed by atoms with Crippen LogP contribution in [0, 0.1) is 0 Å². The Morgan fingerprint density at radius 3 is 2.16 bits per heavy atom. The van der Waals surface area contributed by atoms with Crippen LogP contribution in [0.25, 0.3) is 0 Å². The van der Waals surface area contributed by atoms with E-state index >= 15 is 0 Å². The van der Waals surface area contributed by atoms with Gasteiger partial charge in [0.2, 0.25) is 0 Å². The highest BCUT2D eigenvalue weighted by atomic mass is 127. The van der Waals surface area contributed by atoms with E-state index in [4.69, 9.17) is 19.2 Å². The molecule has 1 heterocycles. The molecule has 1 aliphatic rings. The summed E-state index contributed by atoms with van der Waals surface area (Å²) in [4.78, 5) is 9.58. The fourth-order valence-corrected chi connectivity index (χ4v) is 3.54. The molecule has 0 radical (unpaired) electrons. The third-order valence-corrected chi connectivity index (χ3v) is 5.21. The van der Waals surface area contributed by atoms with Crippen LogP contribution in [0.4, 0.5) is 5.69 Å². The molecule has 0 saturated carbocycles. The van der Waals surface area contributed by atoms with Crippen molar-refractivity contribution < 1.29 is 14.2 Å². The maximum atomic E-state index is 5.40. The minimum Gasteiger partial charge on any atom is -0.497 e. The van der Waals surface area contributed by atoms with Gasteiger partial charge in [-0.15, -0.1) is 24.0 Å². The first-order valence-electron chi connectivity index (χ1n) is 10.3. The van der Waals surface area contributed by atoms with Crippen LogP contribution in [0.3, 0.4) is 0 Å². The molecule has 31 heavy (non-hydrogen) atoms. The van der Waals surface area contributed by atoms with E-state index in [0.29, 0.717) is 6.54 Å². The van der Waals surface area contributed by atoms with E-state index in [1.54, 1.807) is 21.3 Å². The zero-order valence-corrected chi connectivity index (χ0v) is 21.1. The first-order chi connectivity index (χ1) is 14.7. The summed E-state index contributed by atoms with van der Waals surface area (Å²) < 4.78 is 16.0. The van der Waals surface area contributed by atoms with E-state index in [2.05, 4.69) is 34.2 Å². The molecule has 1 aliphatic heterocycles. The van der Waals surface area contributed by atoms with Gasteiger partial charge in [0, 0.05) is 38.4 Å². The molecule has 2 aromatic carbocycles. The molecule has 0 amide bonds. The van der Waals surface area contributed by atoms with Gasteiger partial charge in [-0.25, -0.2) is 4.99 Å². The van der Waals surface area contributed by atoms with Crippen LogP contribution in [0.2, 0.25) is 0 Å². The molecule has 170 valence electrons. The predicted molar refractivity (Wildman–Crippen MR) is 137 cm³/mol. The molecule has 0 spiro atoms. The quantitative estimate of drug-likeness (QED) is 0.329. The topological polar surface area (TPSA) is 58.6 Å². The van der Waals surface area contributed by atoms with E-state index in [-0.39, 0.29) is 24.0 Å². The third kappa shape index (κ3) is 6.56. The summed E-state index contributed by atoms with van der Waals surface area (Å²) in [5.74, 6) is 3.28. The average molecular weight is 540 g/mol. The van der Waals surface area contributed by atoms with Gasteiger partial charge in [0.15, 0.2) is 17.5 Å². The number of nitrogens with one attached hydrogen (secondary N) is 1. The first kappa shape index (κ1) is 24.9. The molecule has 0 bridgehead atoms. The molecule has 1 saturated heterocycles. The summed E-state index contributed by atoms with van der Waals surface area (Å²) >= 11 is 0. The summed E-state index contributed by atoms with van der Waals surface area (Å²) in [7, 11) is 4.99. The Labute approximate surface area is 202 Å². The molecule has 1 N–H and O–H groups in total. The second kappa shape index (κ2) is 12.5. The number of piperazine rings is 1. The van der Waals surface area contributed by atoms with Crippen molar-refractivity contribution in [1.29, 1.82) is 0 Å². The number of anilines is 1. The molecule has 0 aliphatic carbocycles. The van der Waals surface area contributed by atoms with Crippen molar-refractivity contribution in [3.63, 3.8) is 0 Å². The van der Waals surface area contributed by atoms with E-state index in [0.717, 1.165) is 61.5 Å². The van der Waals surface area contributed by atoms with Gasteiger partial charge in [0.25, 0.3) is 0 Å². The number of hydrogen-bond donors (Lipinski definition) is 1. The molecular formula is C23H33IN4O3. The molecule has 0 atom stereocenters. The SMILES string of the molecule is CCNC(=NCc1ccc(OC)c(OC)c1)N1CCN(c2ccc(OC)cc2)CC1.I. The maximum Gasteiger partial charge on any atom is 0.194 e. The van der Waals surface area contributed by atoms with Crippen molar-refractivity contribution >= 4 is 35.6 Å². The normalized spacial score (nSPS) is 14.0. The highest BCUT2D eigenvalue weighted by Gasteiger charge is 2.20. The number of ether oxygens (including phenoxy) is 3. The van der Waals surface area contributed by atoms with Gasteiger partial charge in [-0.1, -0.05) is 6.07 Å². The van der Waals surface area contributed by atoms with Gasteiger partial charge in [-0.2, -0.15) is 0 Å². The van der Waals surface area contributed by atoms with Crippen LogP contribution >= 0.6 is 24.0 Å². The summed E-state index contributed by atoms with van der Waals surface area (Å²) in [6.07, 6.45) is 0. The van der Waals surface area contributed by atoms with E-state index in [9.17, 15) is 0 Å². The molecule has 0 aromatic heterocycles. The summed E-state index contributed by atoms with van der Waals surface area (Å²) in [6.45, 7) is 7.26. The van der Waals surface area contributed by atoms with Crippen LogP contribution < -0.4 is 24.4 Å². The van der Waals surface area contributed by atoms with Gasteiger partial charge in [0.1, 0.15) is 5.75 Å². The summed E-state index contributed by atoms with van der Waals surface area (Å²) in [5, 5.41) is 3.43. The molecular weight excluding hydrogens is 507 g/mol. The zero-order chi connectivity index (χ0) is 21.3. The number of rotatable bonds is 7. The van der Waals surface area contributed by atoms with Crippen LogP contribution in [0.15, 0.2) is 47.5 Å². The number of nitrogens with zero attached hydrogens (tertiary/aromatic N) is 3. The van der Waals surface area contributed by atoms with E-state index < -0.39 is 0 Å². The van der Waals surface area contributed by atoms with Crippen molar-refractivity contribution in [3.8, 4) is 17.2 Å². The summed E-state index contributed by atoms with van der Waals surface area (Å²) in [5.41, 5.74) is 2.31. The minimum absolute atomic E-state index is 0. The first-order valence-corrected chi connectivity index (χ1v) is 10.3. The molecule has 1 fully saturated rings. The Hall–Kier alpha value is -2.36. The van der Waals surface area contributed by atoms with E-state index in [1.807, 2.05) is 30.3 Å². The second-order valence-corrected chi connectivity index (χ2v) is 7.03. The lowest BCUT2D eigenvalue weighted by Crippen LogP contribution is -2.52. The lowest BCUT2D eigenvalue weighted by Gasteiger charge is -2.37. The number of guanidine groups is 1. The van der Waals surface area contributed by atoms with Gasteiger partial charge in [-0.05, 0) is 48.9 Å². The van der Waals surface area contributed by atoms with Gasteiger partial charge >= 0.3 is 0 Å². The Morgan fingerprint density at radius 1 is 0.903 bits per heavy atom. The lowest BCUT2D eigenvalue weighted by atomic mass is 10.2. The van der Waals surface area contributed by atoms with Crippen LogP contribution in [0.5, 0.6) is 17.2 Å².